The molecule has 0 saturated carbocycles. The maximum Gasteiger partial charge on any atom is 0.422 e. The third-order valence-corrected chi connectivity index (χ3v) is 6.04. The van der Waals surface area contributed by atoms with E-state index in [0.29, 0.717) is 17.8 Å². The summed E-state index contributed by atoms with van der Waals surface area (Å²) < 4.78 is 120. The van der Waals surface area contributed by atoms with Gasteiger partial charge in [-0.3, -0.25) is 9.78 Å². The Bertz CT molecular complexity index is 1540. The molecular formula is C26H17F9N4O2. The molecule has 1 amide bonds. The average molecular weight is 588 g/mol. The first-order chi connectivity index (χ1) is 19.0. The quantitative estimate of drug-likeness (QED) is 0.209. The molecule has 41 heavy (non-hydrogen) atoms. The maximum absolute atomic E-state index is 13.6. The number of fused-ring (bicyclic) bond motifs is 1. The van der Waals surface area contributed by atoms with Crippen LogP contribution in [-0.2, 0) is 5.60 Å². The lowest BCUT2D eigenvalue weighted by Crippen LogP contribution is -2.59. The average Bonchev–Trinajstić information content (AvgIpc) is 2.87. The number of aliphatic hydroxyl groups is 1. The molecule has 0 aliphatic heterocycles. The molecule has 0 aliphatic rings. The van der Waals surface area contributed by atoms with Crippen molar-refractivity contribution in [3.05, 3.63) is 90.4 Å². The van der Waals surface area contributed by atoms with Crippen LogP contribution in [0.1, 0.15) is 15.9 Å². The first-order valence-electron chi connectivity index (χ1n) is 11.4. The lowest BCUT2D eigenvalue weighted by molar-refractivity contribution is -0.389. The summed E-state index contributed by atoms with van der Waals surface area (Å²) in [5.74, 6) is -5.96. The fourth-order valence-electron chi connectivity index (χ4n) is 4.15. The Morgan fingerprint density at radius 3 is 2.02 bits per heavy atom. The van der Waals surface area contributed by atoms with Crippen molar-refractivity contribution >= 4 is 33.9 Å². The first-order valence-corrected chi connectivity index (χ1v) is 11.4. The minimum Gasteiger partial charge on any atom is -0.376 e. The van der Waals surface area contributed by atoms with Crippen molar-refractivity contribution in [3.63, 3.8) is 0 Å². The monoisotopic (exact) mass is 588 g/mol. The van der Waals surface area contributed by atoms with Crippen LogP contribution in [0.3, 0.4) is 0 Å². The van der Waals surface area contributed by atoms with Crippen molar-refractivity contribution in [1.82, 2.24) is 9.97 Å². The zero-order valence-electron chi connectivity index (χ0n) is 20.2. The van der Waals surface area contributed by atoms with E-state index in [9.17, 15) is 49.4 Å². The van der Waals surface area contributed by atoms with Gasteiger partial charge in [-0.25, -0.2) is 4.98 Å². The second-order valence-electron chi connectivity index (χ2n) is 8.77. The summed E-state index contributed by atoms with van der Waals surface area (Å²) in [7, 11) is 0. The van der Waals surface area contributed by atoms with Gasteiger partial charge in [-0.15, -0.1) is 0 Å². The molecule has 216 valence electrons. The highest BCUT2D eigenvalue weighted by Crippen LogP contribution is 2.56. The van der Waals surface area contributed by atoms with Gasteiger partial charge in [0.25, 0.3) is 5.91 Å². The van der Waals surface area contributed by atoms with Gasteiger partial charge in [0.2, 0.25) is 5.60 Å². The van der Waals surface area contributed by atoms with Crippen molar-refractivity contribution in [2.45, 2.75) is 24.1 Å². The van der Waals surface area contributed by atoms with E-state index in [1.54, 1.807) is 36.7 Å². The van der Waals surface area contributed by atoms with Gasteiger partial charge >= 0.3 is 18.5 Å². The Hall–Kier alpha value is -4.40. The molecule has 3 N–H and O–H groups in total. The van der Waals surface area contributed by atoms with E-state index in [2.05, 4.69) is 20.6 Å². The smallest absolute Gasteiger partial charge is 0.376 e. The van der Waals surface area contributed by atoms with Crippen molar-refractivity contribution in [2.24, 2.45) is 5.92 Å². The van der Waals surface area contributed by atoms with E-state index in [4.69, 9.17) is 0 Å². The number of nitrogens with one attached hydrogen (secondary N) is 2. The minimum atomic E-state index is -6.50. The summed E-state index contributed by atoms with van der Waals surface area (Å²) in [5, 5.41) is 16.9. The molecule has 0 bridgehead atoms. The molecule has 2 aromatic carbocycles. The predicted molar refractivity (Wildman–Crippen MR) is 129 cm³/mol. The number of rotatable bonds is 6. The number of aromatic nitrogens is 2. The molecular weight excluding hydrogens is 571 g/mol. The molecule has 1 unspecified atom stereocenters. The lowest BCUT2D eigenvalue weighted by atomic mass is 9.79. The predicted octanol–water partition coefficient (Wildman–Crippen LogP) is 7.12. The summed E-state index contributed by atoms with van der Waals surface area (Å²) in [5.41, 5.74) is -6.90. The number of carbonyl (C=O) groups excluding carboxylic acids is 1. The second-order valence-corrected chi connectivity index (χ2v) is 8.77. The minimum absolute atomic E-state index is 0.0520. The Morgan fingerprint density at radius 1 is 0.780 bits per heavy atom. The molecule has 6 nitrogen and oxygen atoms in total. The number of carbonyl (C=O) groups is 1. The van der Waals surface area contributed by atoms with Gasteiger partial charge < -0.3 is 15.7 Å². The van der Waals surface area contributed by atoms with E-state index in [1.165, 1.54) is 18.3 Å². The number of halogens is 9. The second kappa shape index (κ2) is 10.5. The molecule has 0 spiro atoms. The van der Waals surface area contributed by atoms with E-state index in [-0.39, 0.29) is 29.2 Å². The van der Waals surface area contributed by atoms with Gasteiger partial charge in [0.15, 0.2) is 5.92 Å². The summed E-state index contributed by atoms with van der Waals surface area (Å²) in [6.45, 7) is 0. The molecule has 0 saturated heterocycles. The van der Waals surface area contributed by atoms with Crippen LogP contribution in [-0.4, -0.2) is 39.5 Å². The van der Waals surface area contributed by atoms with Gasteiger partial charge in [0, 0.05) is 35.4 Å². The van der Waals surface area contributed by atoms with Crippen LogP contribution in [0.4, 0.5) is 56.7 Å². The molecule has 4 aromatic rings. The van der Waals surface area contributed by atoms with Crippen LogP contribution in [0, 0.1) is 5.92 Å². The number of anilines is 3. The maximum atomic E-state index is 13.6. The van der Waals surface area contributed by atoms with Gasteiger partial charge in [-0.1, -0.05) is 18.2 Å². The summed E-state index contributed by atoms with van der Waals surface area (Å²) in [4.78, 5) is 21.0. The van der Waals surface area contributed by atoms with E-state index < -0.39 is 41.5 Å². The van der Waals surface area contributed by atoms with Crippen molar-refractivity contribution < 1.29 is 49.4 Å². The van der Waals surface area contributed by atoms with Crippen molar-refractivity contribution in [2.75, 3.05) is 10.6 Å². The normalized spacial score (nSPS) is 14.1. The fourth-order valence-corrected chi connectivity index (χ4v) is 4.15. The van der Waals surface area contributed by atoms with Crippen LogP contribution in [0.5, 0.6) is 0 Å². The Kier molecular flexibility index (Phi) is 7.60. The SMILES string of the molecule is O=C(Nc1ccc(C(O)(C(C(F)(F)F)C(F)(F)F)C(F)(F)F)cc1)c1cccnc1Nc1ccc2ccncc2c1. The largest absolute Gasteiger partial charge is 0.422 e. The molecule has 0 radical (unpaired) electrons. The Labute approximate surface area is 224 Å². The third kappa shape index (κ3) is 6.04. The number of alkyl halides is 9. The molecule has 0 fully saturated rings. The van der Waals surface area contributed by atoms with E-state index in [0.717, 1.165) is 10.8 Å². The van der Waals surface area contributed by atoms with Crippen LogP contribution < -0.4 is 10.6 Å². The van der Waals surface area contributed by atoms with Crippen LogP contribution in [0.25, 0.3) is 10.8 Å². The number of hydrogen-bond donors (Lipinski definition) is 3. The number of pyridine rings is 2. The number of hydrogen-bond acceptors (Lipinski definition) is 5. The lowest BCUT2D eigenvalue weighted by Gasteiger charge is -2.39. The first kappa shape index (κ1) is 29.6. The van der Waals surface area contributed by atoms with Gasteiger partial charge in [0.05, 0.1) is 5.56 Å². The highest BCUT2D eigenvalue weighted by Gasteiger charge is 2.75. The van der Waals surface area contributed by atoms with Crippen LogP contribution in [0.15, 0.2) is 79.3 Å². The molecule has 15 heteroatoms. The summed E-state index contributed by atoms with van der Waals surface area (Å²) >= 11 is 0. The van der Waals surface area contributed by atoms with Gasteiger partial charge in [-0.05, 0) is 53.4 Å². The standard InChI is InChI=1S/C26H17F9N4O2/c27-24(28,29)22(25(30,31)32)23(41,26(33,34)35)16-4-7-17(8-5-16)39-21(40)19-2-1-10-37-20(19)38-18-6-3-14-9-11-36-13-15(14)12-18/h1-13,22,41H,(H,37,38)(H,39,40). The van der Waals surface area contributed by atoms with Crippen LogP contribution in [0.2, 0.25) is 0 Å². The molecule has 1 atom stereocenters. The molecule has 0 aliphatic carbocycles. The summed E-state index contributed by atoms with van der Waals surface area (Å²) in [6, 6.07) is 11.5. The third-order valence-electron chi connectivity index (χ3n) is 6.04. The van der Waals surface area contributed by atoms with Gasteiger partial charge in [-0.2, -0.15) is 39.5 Å². The molecule has 4 rings (SSSR count). The number of benzene rings is 2. The van der Waals surface area contributed by atoms with Gasteiger partial charge in [0.1, 0.15) is 5.82 Å². The number of amides is 1. The molecule has 2 aromatic heterocycles. The Balaban J connectivity index is 1.61. The van der Waals surface area contributed by atoms with E-state index >= 15 is 0 Å². The zero-order chi connectivity index (χ0) is 30.2. The zero-order valence-corrected chi connectivity index (χ0v) is 20.2. The number of nitrogens with zero attached hydrogens (tertiary/aromatic N) is 2. The summed E-state index contributed by atoms with van der Waals surface area (Å²) in [6.07, 6.45) is -14.8. The fraction of sp³-hybridized carbons (Fsp3) is 0.192. The Morgan fingerprint density at radius 2 is 1.41 bits per heavy atom. The highest BCUT2D eigenvalue weighted by atomic mass is 19.4. The van der Waals surface area contributed by atoms with Crippen molar-refractivity contribution in [1.29, 1.82) is 0 Å². The van der Waals surface area contributed by atoms with Crippen molar-refractivity contribution in [3.8, 4) is 0 Å². The molecule has 2 heterocycles. The van der Waals surface area contributed by atoms with E-state index in [1.807, 2.05) is 0 Å². The topological polar surface area (TPSA) is 87.1 Å². The van der Waals surface area contributed by atoms with Crippen LogP contribution >= 0.6 is 0 Å². The highest BCUT2D eigenvalue weighted by molar-refractivity contribution is 6.07.